The molecule has 0 aliphatic heterocycles. The average Bonchev–Trinajstić information content (AvgIpc) is 3.20. The number of carbonyl (C=O) groups excluding carboxylic acids is 1. The van der Waals surface area contributed by atoms with Gasteiger partial charge < -0.3 is 9.64 Å². The predicted octanol–water partition coefficient (Wildman–Crippen LogP) is 5.38. The molecule has 4 rings (SSSR count). The van der Waals surface area contributed by atoms with Crippen molar-refractivity contribution < 1.29 is 9.53 Å². The molecule has 7 heteroatoms. The van der Waals surface area contributed by atoms with Gasteiger partial charge in [0.25, 0.3) is 0 Å². The SMILES string of the molecule is COC(=O)N(C)CCC=C1CCCc2ccc(-c3sc(-c4cccnc4)nc3C)nc21. The van der Waals surface area contributed by atoms with E-state index in [-0.39, 0.29) is 6.09 Å². The van der Waals surface area contributed by atoms with Gasteiger partial charge in [-0.15, -0.1) is 11.3 Å². The summed E-state index contributed by atoms with van der Waals surface area (Å²) in [6.07, 6.45) is 9.47. The smallest absolute Gasteiger partial charge is 0.409 e. The number of pyridine rings is 2. The highest BCUT2D eigenvalue weighted by atomic mass is 32.1. The minimum atomic E-state index is -0.312. The van der Waals surface area contributed by atoms with Crippen LogP contribution in [0.3, 0.4) is 0 Å². The Morgan fingerprint density at radius 3 is 2.90 bits per heavy atom. The molecular formula is C24H26N4O2S. The number of rotatable bonds is 5. The van der Waals surface area contributed by atoms with Crippen molar-refractivity contribution >= 4 is 23.0 Å². The number of aryl methyl sites for hydroxylation is 2. The Hall–Kier alpha value is -3.06. The van der Waals surface area contributed by atoms with Crippen LogP contribution in [-0.4, -0.2) is 46.6 Å². The molecule has 0 radical (unpaired) electrons. The number of amides is 1. The average molecular weight is 435 g/mol. The lowest BCUT2D eigenvalue weighted by Crippen LogP contribution is -2.27. The maximum atomic E-state index is 11.6. The maximum Gasteiger partial charge on any atom is 0.409 e. The lowest BCUT2D eigenvalue weighted by atomic mass is 9.90. The van der Waals surface area contributed by atoms with Gasteiger partial charge in [0.2, 0.25) is 0 Å². The van der Waals surface area contributed by atoms with Crippen LogP contribution in [-0.2, 0) is 11.2 Å². The fourth-order valence-electron chi connectivity index (χ4n) is 3.81. The summed E-state index contributed by atoms with van der Waals surface area (Å²) in [5.41, 5.74) is 6.60. The number of aromatic nitrogens is 3. The van der Waals surface area contributed by atoms with Crippen LogP contribution >= 0.6 is 11.3 Å². The molecule has 0 spiro atoms. The molecule has 0 unspecified atom stereocenters. The van der Waals surface area contributed by atoms with Crippen molar-refractivity contribution in [1.29, 1.82) is 0 Å². The maximum absolute atomic E-state index is 11.6. The summed E-state index contributed by atoms with van der Waals surface area (Å²) in [5.74, 6) is 0. The van der Waals surface area contributed by atoms with E-state index >= 15 is 0 Å². The molecule has 0 bridgehead atoms. The largest absolute Gasteiger partial charge is 0.453 e. The second-order valence-corrected chi connectivity index (χ2v) is 8.64. The molecular weight excluding hydrogens is 408 g/mol. The Kier molecular flexibility index (Phi) is 6.42. The molecule has 0 fully saturated rings. The Labute approximate surface area is 186 Å². The molecule has 0 atom stereocenters. The number of fused-ring (bicyclic) bond motifs is 1. The van der Waals surface area contributed by atoms with Gasteiger partial charge in [0, 0.05) is 31.5 Å². The fraction of sp³-hybridized carbons (Fsp3) is 0.333. The quantitative estimate of drug-likeness (QED) is 0.539. The third-order valence-corrected chi connectivity index (χ3v) is 6.68. The molecule has 3 heterocycles. The fourth-order valence-corrected chi connectivity index (χ4v) is 4.83. The van der Waals surface area contributed by atoms with Crippen molar-refractivity contribution in [3.05, 3.63) is 59.7 Å². The number of ether oxygens (including phenoxy) is 1. The first kappa shape index (κ1) is 21.2. The van der Waals surface area contributed by atoms with E-state index in [0.717, 1.165) is 58.2 Å². The highest BCUT2D eigenvalue weighted by molar-refractivity contribution is 7.18. The molecule has 0 N–H and O–H groups in total. The van der Waals surface area contributed by atoms with Gasteiger partial charge in [0.05, 0.1) is 29.1 Å². The predicted molar refractivity (Wildman–Crippen MR) is 124 cm³/mol. The first-order chi connectivity index (χ1) is 15.1. The number of carbonyl (C=O) groups is 1. The second-order valence-electron chi connectivity index (χ2n) is 7.64. The summed E-state index contributed by atoms with van der Waals surface area (Å²) in [4.78, 5) is 28.3. The van der Waals surface area contributed by atoms with Crippen molar-refractivity contribution in [3.63, 3.8) is 0 Å². The zero-order valence-electron chi connectivity index (χ0n) is 18.1. The third-order valence-electron chi connectivity index (χ3n) is 5.45. The molecule has 1 amide bonds. The standard InChI is InChI=1S/C24H26N4O2S/c1-16-22(31-23(26-16)19-9-5-13-25-15-19)20-12-11-18-8-4-7-17(21(18)27-20)10-6-14-28(2)24(29)30-3/h5,9-13,15H,4,6-8,14H2,1-3H3. The van der Waals surface area contributed by atoms with E-state index in [2.05, 4.69) is 23.2 Å². The van der Waals surface area contributed by atoms with E-state index in [1.54, 1.807) is 29.5 Å². The number of allylic oxidation sites excluding steroid dienone is 1. The van der Waals surface area contributed by atoms with Crippen molar-refractivity contribution in [2.75, 3.05) is 20.7 Å². The van der Waals surface area contributed by atoms with Crippen LogP contribution in [0.2, 0.25) is 0 Å². The monoisotopic (exact) mass is 434 g/mol. The van der Waals surface area contributed by atoms with Crippen molar-refractivity contribution in [1.82, 2.24) is 19.9 Å². The van der Waals surface area contributed by atoms with Crippen LogP contribution in [0.4, 0.5) is 4.79 Å². The summed E-state index contributed by atoms with van der Waals surface area (Å²) in [6, 6.07) is 8.27. The molecule has 3 aromatic rings. The van der Waals surface area contributed by atoms with Gasteiger partial charge in [-0.25, -0.2) is 14.8 Å². The molecule has 0 aromatic carbocycles. The number of hydrogen-bond acceptors (Lipinski definition) is 6. The van der Waals surface area contributed by atoms with Crippen LogP contribution in [0.1, 0.15) is 36.2 Å². The Balaban J connectivity index is 1.60. The van der Waals surface area contributed by atoms with Crippen LogP contribution in [0.5, 0.6) is 0 Å². The summed E-state index contributed by atoms with van der Waals surface area (Å²) in [6.45, 7) is 2.65. The van der Waals surface area contributed by atoms with E-state index in [1.165, 1.54) is 18.2 Å². The normalized spacial score (nSPS) is 14.4. The van der Waals surface area contributed by atoms with Crippen molar-refractivity contribution in [3.8, 4) is 21.1 Å². The van der Waals surface area contributed by atoms with Gasteiger partial charge in [-0.05, 0) is 61.9 Å². The molecule has 160 valence electrons. The van der Waals surface area contributed by atoms with E-state index in [0.29, 0.717) is 6.54 Å². The first-order valence-corrected chi connectivity index (χ1v) is 11.2. The zero-order chi connectivity index (χ0) is 21.8. The minimum Gasteiger partial charge on any atom is -0.453 e. The molecule has 0 saturated carbocycles. The topological polar surface area (TPSA) is 68.2 Å². The van der Waals surface area contributed by atoms with Crippen molar-refractivity contribution in [2.24, 2.45) is 0 Å². The van der Waals surface area contributed by atoms with Gasteiger partial charge in [-0.2, -0.15) is 0 Å². The van der Waals surface area contributed by atoms with Gasteiger partial charge in [0.15, 0.2) is 0 Å². The van der Waals surface area contributed by atoms with Crippen LogP contribution in [0.15, 0.2) is 42.7 Å². The Morgan fingerprint density at radius 1 is 1.26 bits per heavy atom. The second kappa shape index (κ2) is 9.39. The number of hydrogen-bond donors (Lipinski definition) is 0. The minimum absolute atomic E-state index is 0.312. The summed E-state index contributed by atoms with van der Waals surface area (Å²) >= 11 is 1.65. The molecule has 6 nitrogen and oxygen atoms in total. The van der Waals surface area contributed by atoms with Crippen LogP contribution < -0.4 is 0 Å². The van der Waals surface area contributed by atoms with Crippen LogP contribution in [0, 0.1) is 6.92 Å². The summed E-state index contributed by atoms with van der Waals surface area (Å²) in [7, 11) is 3.16. The molecule has 1 aliphatic carbocycles. The highest BCUT2D eigenvalue weighted by Crippen LogP contribution is 2.37. The van der Waals surface area contributed by atoms with E-state index in [1.807, 2.05) is 25.3 Å². The number of thiazole rings is 1. The number of nitrogens with zero attached hydrogens (tertiary/aromatic N) is 4. The van der Waals surface area contributed by atoms with E-state index < -0.39 is 0 Å². The third kappa shape index (κ3) is 4.66. The molecule has 0 saturated heterocycles. The Morgan fingerprint density at radius 2 is 2.13 bits per heavy atom. The summed E-state index contributed by atoms with van der Waals surface area (Å²) in [5, 5.41) is 0.960. The van der Waals surface area contributed by atoms with Gasteiger partial charge in [0.1, 0.15) is 5.01 Å². The first-order valence-electron chi connectivity index (χ1n) is 10.4. The lowest BCUT2D eigenvalue weighted by molar-refractivity contribution is 0.134. The van der Waals surface area contributed by atoms with Crippen LogP contribution in [0.25, 0.3) is 26.7 Å². The number of methoxy groups -OCH3 is 1. The molecule has 1 aliphatic rings. The van der Waals surface area contributed by atoms with Crippen molar-refractivity contribution in [2.45, 2.75) is 32.6 Å². The van der Waals surface area contributed by atoms with Gasteiger partial charge in [-0.3, -0.25) is 4.98 Å². The van der Waals surface area contributed by atoms with E-state index in [9.17, 15) is 4.79 Å². The van der Waals surface area contributed by atoms with Gasteiger partial charge >= 0.3 is 6.09 Å². The van der Waals surface area contributed by atoms with E-state index in [4.69, 9.17) is 14.7 Å². The molecule has 3 aromatic heterocycles. The van der Waals surface area contributed by atoms with Gasteiger partial charge in [-0.1, -0.05) is 12.1 Å². The Bertz CT molecular complexity index is 1110. The molecule has 31 heavy (non-hydrogen) atoms. The lowest BCUT2D eigenvalue weighted by Gasteiger charge is -2.20. The highest BCUT2D eigenvalue weighted by Gasteiger charge is 2.19. The zero-order valence-corrected chi connectivity index (χ0v) is 18.9. The summed E-state index contributed by atoms with van der Waals surface area (Å²) < 4.78 is 4.77.